The lowest BCUT2D eigenvalue weighted by Gasteiger charge is -2.36. The Morgan fingerprint density at radius 2 is 2.00 bits per heavy atom. The van der Waals surface area contributed by atoms with Gasteiger partial charge >= 0.3 is 0 Å². The Hall–Kier alpha value is -0.850. The van der Waals surface area contributed by atoms with E-state index in [0.717, 1.165) is 32.2 Å². The first kappa shape index (κ1) is 19.2. The van der Waals surface area contributed by atoms with Crippen molar-refractivity contribution in [3.05, 3.63) is 0 Å². The molecule has 0 aromatic carbocycles. The fourth-order valence-corrected chi connectivity index (χ4v) is 3.11. The zero-order valence-electron chi connectivity index (χ0n) is 13.3. The van der Waals surface area contributed by atoms with Crippen molar-refractivity contribution in [2.75, 3.05) is 26.3 Å². The first-order valence-corrected chi connectivity index (χ1v) is 8.03. The van der Waals surface area contributed by atoms with Crippen LogP contribution >= 0.6 is 12.4 Å². The summed E-state index contributed by atoms with van der Waals surface area (Å²) in [6, 6.07) is -0.369. The van der Waals surface area contributed by atoms with E-state index in [1.54, 1.807) is 0 Å². The molecule has 2 amide bonds. The Morgan fingerprint density at radius 1 is 1.32 bits per heavy atom. The molecule has 2 unspecified atom stereocenters. The molecular weight excluding hydrogens is 306 g/mol. The zero-order valence-corrected chi connectivity index (χ0v) is 14.1. The fraction of sp³-hybridized carbons (Fsp3) is 0.867. The summed E-state index contributed by atoms with van der Waals surface area (Å²) in [5, 5.41) is 2.98. The molecule has 2 rings (SSSR count). The minimum atomic E-state index is -0.436. The molecule has 2 aliphatic heterocycles. The van der Waals surface area contributed by atoms with E-state index in [1.165, 1.54) is 0 Å². The number of nitrogens with two attached hydrogens (primary N) is 1. The minimum Gasteiger partial charge on any atom is -0.381 e. The number of hydrogen-bond acceptors (Lipinski definition) is 4. The van der Waals surface area contributed by atoms with E-state index < -0.39 is 6.04 Å². The number of hydrogen-bond donors (Lipinski definition) is 2. The van der Waals surface area contributed by atoms with Crippen molar-refractivity contribution in [3.8, 4) is 0 Å². The molecule has 2 heterocycles. The Morgan fingerprint density at radius 3 is 2.64 bits per heavy atom. The molecule has 22 heavy (non-hydrogen) atoms. The maximum Gasteiger partial charge on any atom is 0.239 e. The second-order valence-corrected chi connectivity index (χ2v) is 6.02. The Balaban J connectivity index is 0.00000242. The van der Waals surface area contributed by atoms with Gasteiger partial charge in [-0.1, -0.05) is 6.92 Å². The van der Waals surface area contributed by atoms with E-state index in [4.69, 9.17) is 10.5 Å². The van der Waals surface area contributed by atoms with Gasteiger partial charge in [0, 0.05) is 38.8 Å². The van der Waals surface area contributed by atoms with Crippen LogP contribution in [0.5, 0.6) is 0 Å². The van der Waals surface area contributed by atoms with Gasteiger partial charge in [-0.15, -0.1) is 12.4 Å². The maximum absolute atomic E-state index is 12.5. The number of nitrogens with one attached hydrogen (secondary N) is 1. The number of amides is 2. The molecule has 0 bridgehead atoms. The van der Waals surface area contributed by atoms with Crippen molar-refractivity contribution >= 4 is 24.2 Å². The number of halogens is 1. The summed E-state index contributed by atoms with van der Waals surface area (Å²) in [5.74, 6) is 0.289. The largest absolute Gasteiger partial charge is 0.381 e. The highest BCUT2D eigenvalue weighted by Gasteiger charge is 2.32. The molecule has 0 aromatic heterocycles. The summed E-state index contributed by atoms with van der Waals surface area (Å²) >= 11 is 0. The number of piperidine rings is 1. The van der Waals surface area contributed by atoms with Gasteiger partial charge in [0.1, 0.15) is 0 Å². The fourth-order valence-electron chi connectivity index (χ4n) is 3.11. The third kappa shape index (κ3) is 5.11. The van der Waals surface area contributed by atoms with E-state index in [-0.39, 0.29) is 36.2 Å². The van der Waals surface area contributed by atoms with Crippen LogP contribution in [0.2, 0.25) is 0 Å². The van der Waals surface area contributed by atoms with Crippen LogP contribution in [-0.2, 0) is 14.3 Å². The molecule has 0 spiro atoms. The van der Waals surface area contributed by atoms with Crippen molar-refractivity contribution in [1.29, 1.82) is 0 Å². The number of carbonyl (C=O) groups excluding carboxylic acids is 2. The molecule has 2 fully saturated rings. The highest BCUT2D eigenvalue weighted by molar-refractivity contribution is 5.85. The molecule has 3 N–H and O–H groups in total. The minimum absolute atomic E-state index is 0. The number of rotatable bonds is 4. The number of likely N-dealkylation sites (tertiary alicyclic amines) is 1. The number of carbonyl (C=O) groups is 2. The highest BCUT2D eigenvalue weighted by Crippen LogP contribution is 2.20. The molecule has 2 aliphatic rings. The third-order valence-corrected chi connectivity index (χ3v) is 4.48. The summed E-state index contributed by atoms with van der Waals surface area (Å²) in [6.45, 7) is 4.56. The number of nitrogens with zero attached hydrogens (tertiary/aromatic N) is 1. The first-order chi connectivity index (χ1) is 10.1. The molecule has 2 atom stereocenters. The van der Waals surface area contributed by atoms with E-state index in [1.807, 2.05) is 11.8 Å². The Bertz CT molecular complexity index is 375. The molecule has 128 valence electrons. The molecule has 0 saturated carbocycles. The standard InChI is InChI=1S/C15H27N3O3.ClH/c1-2-13(19)17-12-4-3-7-18(10-12)15(20)14(16)11-5-8-21-9-6-11;/h11-12,14H,2-10,16H2,1H3,(H,17,19);1H. The molecular formula is C15H28ClN3O3. The normalized spacial score (nSPS) is 24.3. The lowest BCUT2D eigenvalue weighted by molar-refractivity contribution is -0.136. The predicted octanol–water partition coefficient (Wildman–Crippen LogP) is 0.679. The van der Waals surface area contributed by atoms with Crippen molar-refractivity contribution in [1.82, 2.24) is 10.2 Å². The first-order valence-electron chi connectivity index (χ1n) is 8.03. The van der Waals surface area contributed by atoms with E-state index >= 15 is 0 Å². The number of ether oxygens (including phenoxy) is 1. The van der Waals surface area contributed by atoms with Crippen LogP contribution < -0.4 is 11.1 Å². The van der Waals surface area contributed by atoms with Crippen molar-refractivity contribution in [2.24, 2.45) is 11.7 Å². The van der Waals surface area contributed by atoms with Gasteiger partial charge in [0.15, 0.2) is 0 Å². The lowest BCUT2D eigenvalue weighted by Crippen LogP contribution is -2.55. The van der Waals surface area contributed by atoms with Gasteiger partial charge in [-0.25, -0.2) is 0 Å². The molecule has 0 aromatic rings. The zero-order chi connectivity index (χ0) is 15.2. The van der Waals surface area contributed by atoms with Crippen LogP contribution in [0.4, 0.5) is 0 Å². The van der Waals surface area contributed by atoms with Crippen LogP contribution in [-0.4, -0.2) is 55.1 Å². The summed E-state index contributed by atoms with van der Waals surface area (Å²) in [6.07, 6.45) is 4.04. The SMILES string of the molecule is CCC(=O)NC1CCCN(C(=O)C(N)C2CCOCC2)C1.Cl. The molecule has 2 saturated heterocycles. The van der Waals surface area contributed by atoms with Gasteiger partial charge in [0.2, 0.25) is 11.8 Å². The maximum atomic E-state index is 12.5. The molecule has 7 heteroatoms. The molecule has 0 aliphatic carbocycles. The summed E-state index contributed by atoms with van der Waals surface area (Å²) in [5.41, 5.74) is 6.16. The predicted molar refractivity (Wildman–Crippen MR) is 86.8 cm³/mol. The topological polar surface area (TPSA) is 84.7 Å². The van der Waals surface area contributed by atoms with Crippen molar-refractivity contribution in [2.45, 2.75) is 51.1 Å². The third-order valence-electron chi connectivity index (χ3n) is 4.48. The van der Waals surface area contributed by atoms with E-state index in [0.29, 0.717) is 26.2 Å². The second kappa shape index (κ2) is 9.33. The summed E-state index contributed by atoms with van der Waals surface area (Å²) in [7, 11) is 0. The van der Waals surface area contributed by atoms with Gasteiger partial charge in [0.25, 0.3) is 0 Å². The quantitative estimate of drug-likeness (QED) is 0.792. The van der Waals surface area contributed by atoms with E-state index in [9.17, 15) is 9.59 Å². The van der Waals surface area contributed by atoms with Gasteiger partial charge < -0.3 is 20.7 Å². The lowest BCUT2D eigenvalue weighted by atomic mass is 9.91. The Kier molecular flexibility index (Phi) is 8.14. The van der Waals surface area contributed by atoms with Gasteiger partial charge in [-0.05, 0) is 31.6 Å². The monoisotopic (exact) mass is 333 g/mol. The van der Waals surface area contributed by atoms with Gasteiger partial charge in [-0.2, -0.15) is 0 Å². The van der Waals surface area contributed by atoms with Crippen LogP contribution in [0.25, 0.3) is 0 Å². The van der Waals surface area contributed by atoms with Crippen LogP contribution in [0.3, 0.4) is 0 Å². The van der Waals surface area contributed by atoms with Crippen LogP contribution in [0.1, 0.15) is 39.0 Å². The smallest absolute Gasteiger partial charge is 0.239 e. The molecule has 0 radical (unpaired) electrons. The van der Waals surface area contributed by atoms with E-state index in [2.05, 4.69) is 5.32 Å². The van der Waals surface area contributed by atoms with Gasteiger partial charge in [-0.3, -0.25) is 9.59 Å². The average Bonchev–Trinajstić information content (AvgIpc) is 2.54. The summed E-state index contributed by atoms with van der Waals surface area (Å²) < 4.78 is 5.32. The highest BCUT2D eigenvalue weighted by atomic mass is 35.5. The van der Waals surface area contributed by atoms with Crippen molar-refractivity contribution in [3.63, 3.8) is 0 Å². The summed E-state index contributed by atoms with van der Waals surface area (Å²) in [4.78, 5) is 25.9. The van der Waals surface area contributed by atoms with Crippen LogP contribution in [0.15, 0.2) is 0 Å². The average molecular weight is 334 g/mol. The molecule has 6 nitrogen and oxygen atoms in total. The Labute approximate surface area is 138 Å². The van der Waals surface area contributed by atoms with Gasteiger partial charge in [0.05, 0.1) is 6.04 Å². The van der Waals surface area contributed by atoms with Crippen LogP contribution in [0, 0.1) is 5.92 Å². The van der Waals surface area contributed by atoms with Crippen molar-refractivity contribution < 1.29 is 14.3 Å². The second-order valence-electron chi connectivity index (χ2n) is 6.02.